The first-order valence-corrected chi connectivity index (χ1v) is 6.86. The predicted molar refractivity (Wildman–Crippen MR) is 73.1 cm³/mol. The zero-order chi connectivity index (χ0) is 13.8. The van der Waals surface area contributed by atoms with Crippen LogP contribution in [-0.2, 0) is 6.54 Å². The molecule has 0 aliphatic heterocycles. The second kappa shape index (κ2) is 6.31. The van der Waals surface area contributed by atoms with Crippen LogP contribution in [0.1, 0.15) is 42.4 Å². The molecule has 5 heteroatoms. The smallest absolute Gasteiger partial charge is 0.346 e. The van der Waals surface area contributed by atoms with Crippen LogP contribution in [0.15, 0.2) is 11.4 Å². The van der Waals surface area contributed by atoms with E-state index in [1.54, 1.807) is 11.4 Å². The Bertz CT molecular complexity index is 395. The minimum atomic E-state index is -0.892. The van der Waals surface area contributed by atoms with Crippen molar-refractivity contribution >= 4 is 17.3 Å². The highest BCUT2D eigenvalue weighted by Gasteiger charge is 2.17. The third-order valence-corrected chi connectivity index (χ3v) is 3.43. The molecule has 102 valence electrons. The molecule has 0 radical (unpaired) electrons. The first-order chi connectivity index (χ1) is 8.29. The SMILES string of the molecule is CC(C)(C)CC(O)CNCc1ccsc1C(=O)O. The Morgan fingerprint density at radius 3 is 2.72 bits per heavy atom. The molecule has 1 unspecified atom stereocenters. The lowest BCUT2D eigenvalue weighted by Gasteiger charge is -2.22. The van der Waals surface area contributed by atoms with Crippen molar-refractivity contribution in [2.75, 3.05) is 6.54 Å². The Morgan fingerprint density at radius 2 is 2.17 bits per heavy atom. The second-order valence-electron chi connectivity index (χ2n) is 5.63. The van der Waals surface area contributed by atoms with Gasteiger partial charge in [0.15, 0.2) is 0 Å². The summed E-state index contributed by atoms with van der Waals surface area (Å²) in [7, 11) is 0. The van der Waals surface area contributed by atoms with Gasteiger partial charge in [-0.3, -0.25) is 0 Å². The molecule has 0 saturated heterocycles. The highest BCUT2D eigenvalue weighted by Crippen LogP contribution is 2.20. The van der Waals surface area contributed by atoms with Gasteiger partial charge in [-0.1, -0.05) is 20.8 Å². The fourth-order valence-corrected chi connectivity index (χ4v) is 2.58. The van der Waals surface area contributed by atoms with Gasteiger partial charge in [-0.25, -0.2) is 4.79 Å². The number of aliphatic hydroxyl groups excluding tert-OH is 1. The minimum Gasteiger partial charge on any atom is -0.477 e. The maximum Gasteiger partial charge on any atom is 0.346 e. The van der Waals surface area contributed by atoms with E-state index < -0.39 is 12.1 Å². The van der Waals surface area contributed by atoms with Gasteiger partial charge in [0.05, 0.1) is 6.10 Å². The number of carbonyl (C=O) groups is 1. The number of aliphatic hydroxyl groups is 1. The van der Waals surface area contributed by atoms with Crippen LogP contribution in [0.25, 0.3) is 0 Å². The normalized spacial score (nSPS) is 13.6. The maximum absolute atomic E-state index is 10.9. The number of nitrogens with one attached hydrogen (secondary N) is 1. The Labute approximate surface area is 112 Å². The first kappa shape index (κ1) is 15.1. The van der Waals surface area contributed by atoms with Crippen LogP contribution in [-0.4, -0.2) is 28.8 Å². The molecule has 0 aromatic carbocycles. The van der Waals surface area contributed by atoms with Crippen LogP contribution in [0, 0.1) is 5.41 Å². The van der Waals surface area contributed by atoms with Gasteiger partial charge in [-0.05, 0) is 28.8 Å². The summed E-state index contributed by atoms with van der Waals surface area (Å²) in [6.45, 7) is 7.20. The number of hydrogen-bond donors (Lipinski definition) is 3. The summed E-state index contributed by atoms with van der Waals surface area (Å²) >= 11 is 1.22. The molecule has 18 heavy (non-hydrogen) atoms. The van der Waals surface area contributed by atoms with E-state index in [-0.39, 0.29) is 5.41 Å². The van der Waals surface area contributed by atoms with E-state index in [9.17, 15) is 9.90 Å². The molecule has 3 N–H and O–H groups in total. The molecule has 0 aliphatic carbocycles. The van der Waals surface area contributed by atoms with Crippen molar-refractivity contribution in [1.29, 1.82) is 0 Å². The van der Waals surface area contributed by atoms with Crippen molar-refractivity contribution in [3.8, 4) is 0 Å². The lowest BCUT2D eigenvalue weighted by Crippen LogP contribution is -2.30. The monoisotopic (exact) mass is 271 g/mol. The van der Waals surface area contributed by atoms with E-state index in [0.29, 0.717) is 18.0 Å². The highest BCUT2D eigenvalue weighted by atomic mass is 32.1. The Balaban J connectivity index is 2.38. The third-order valence-electron chi connectivity index (χ3n) is 2.48. The number of hydrogen-bond acceptors (Lipinski definition) is 4. The van der Waals surface area contributed by atoms with Gasteiger partial charge in [0.25, 0.3) is 0 Å². The molecule has 1 aromatic rings. The van der Waals surface area contributed by atoms with Crippen molar-refractivity contribution in [2.24, 2.45) is 5.41 Å². The summed E-state index contributed by atoms with van der Waals surface area (Å²) in [4.78, 5) is 11.3. The molecule has 1 aromatic heterocycles. The summed E-state index contributed by atoms with van der Waals surface area (Å²) < 4.78 is 0. The Hall–Kier alpha value is -0.910. The molecule has 1 heterocycles. The number of rotatable bonds is 6. The van der Waals surface area contributed by atoms with Crippen LogP contribution < -0.4 is 5.32 Å². The molecule has 0 spiro atoms. The van der Waals surface area contributed by atoms with Crippen LogP contribution >= 0.6 is 11.3 Å². The molecule has 0 aliphatic rings. The van der Waals surface area contributed by atoms with Crippen molar-refractivity contribution < 1.29 is 15.0 Å². The van der Waals surface area contributed by atoms with Gasteiger partial charge in [-0.15, -0.1) is 11.3 Å². The van der Waals surface area contributed by atoms with E-state index >= 15 is 0 Å². The molecular weight excluding hydrogens is 250 g/mol. The van der Waals surface area contributed by atoms with Crippen LogP contribution in [0.3, 0.4) is 0 Å². The molecule has 1 atom stereocenters. The summed E-state index contributed by atoms with van der Waals surface area (Å²) in [5, 5.41) is 23.6. The lowest BCUT2D eigenvalue weighted by molar-refractivity contribution is 0.0701. The largest absolute Gasteiger partial charge is 0.477 e. The number of thiophene rings is 1. The predicted octanol–water partition coefficient (Wildman–Crippen LogP) is 2.33. The Kier molecular flexibility index (Phi) is 5.31. The van der Waals surface area contributed by atoms with Gasteiger partial charge in [0.1, 0.15) is 4.88 Å². The first-order valence-electron chi connectivity index (χ1n) is 5.98. The van der Waals surface area contributed by atoms with Crippen LogP contribution in [0.4, 0.5) is 0 Å². The lowest BCUT2D eigenvalue weighted by atomic mass is 9.89. The zero-order valence-corrected chi connectivity index (χ0v) is 11.9. The van der Waals surface area contributed by atoms with Crippen LogP contribution in [0.5, 0.6) is 0 Å². The molecule has 1 rings (SSSR count). The van der Waals surface area contributed by atoms with Crippen molar-refractivity contribution in [1.82, 2.24) is 5.32 Å². The number of carboxylic acids is 1. The minimum absolute atomic E-state index is 0.0930. The van der Waals surface area contributed by atoms with Gasteiger partial charge in [-0.2, -0.15) is 0 Å². The molecule has 4 nitrogen and oxygen atoms in total. The third kappa shape index (κ3) is 5.16. The summed E-state index contributed by atoms with van der Waals surface area (Å²) in [5.41, 5.74) is 0.867. The fraction of sp³-hybridized carbons (Fsp3) is 0.615. The molecule has 0 fully saturated rings. The van der Waals surface area contributed by atoms with Gasteiger partial charge in [0.2, 0.25) is 0 Å². The molecule has 0 bridgehead atoms. The number of carboxylic acid groups (broad SMARTS) is 1. The van der Waals surface area contributed by atoms with Crippen molar-refractivity contribution in [2.45, 2.75) is 39.8 Å². The summed E-state index contributed by atoms with van der Waals surface area (Å²) in [6.07, 6.45) is 0.312. The molecule has 0 amide bonds. The van der Waals surface area contributed by atoms with Gasteiger partial charge < -0.3 is 15.5 Å². The van der Waals surface area contributed by atoms with E-state index in [1.165, 1.54) is 11.3 Å². The average molecular weight is 271 g/mol. The summed E-state index contributed by atoms with van der Waals surface area (Å²) in [6, 6.07) is 1.80. The molecular formula is C13H21NO3S. The van der Waals surface area contributed by atoms with Crippen molar-refractivity contribution in [3.63, 3.8) is 0 Å². The van der Waals surface area contributed by atoms with Gasteiger partial charge in [0, 0.05) is 13.1 Å². The second-order valence-corrected chi connectivity index (χ2v) is 6.55. The van der Waals surface area contributed by atoms with E-state index in [4.69, 9.17) is 5.11 Å². The fourth-order valence-electron chi connectivity index (χ4n) is 1.82. The van der Waals surface area contributed by atoms with E-state index in [0.717, 1.165) is 12.0 Å². The van der Waals surface area contributed by atoms with Crippen LogP contribution in [0.2, 0.25) is 0 Å². The quantitative estimate of drug-likeness (QED) is 0.742. The van der Waals surface area contributed by atoms with E-state index in [1.807, 2.05) is 0 Å². The van der Waals surface area contributed by atoms with E-state index in [2.05, 4.69) is 26.1 Å². The highest BCUT2D eigenvalue weighted by molar-refractivity contribution is 7.12. The van der Waals surface area contributed by atoms with Crippen molar-refractivity contribution in [3.05, 3.63) is 21.9 Å². The topological polar surface area (TPSA) is 69.6 Å². The molecule has 0 saturated carbocycles. The van der Waals surface area contributed by atoms with Gasteiger partial charge >= 0.3 is 5.97 Å². The number of aromatic carboxylic acids is 1. The maximum atomic E-state index is 10.9. The standard InChI is InChI=1S/C13H21NO3S/c1-13(2,3)6-10(15)8-14-7-9-4-5-18-11(9)12(16)17/h4-5,10,14-15H,6-8H2,1-3H3,(H,16,17). The summed E-state index contributed by atoms with van der Waals surface area (Å²) in [5.74, 6) is -0.892. The zero-order valence-electron chi connectivity index (χ0n) is 11.1. The average Bonchev–Trinajstić information content (AvgIpc) is 2.62. The Morgan fingerprint density at radius 1 is 1.50 bits per heavy atom.